The summed E-state index contributed by atoms with van der Waals surface area (Å²) in [6.45, 7) is 7.52. The fourth-order valence-corrected chi connectivity index (χ4v) is 5.48. The number of rotatable bonds is 9. The molecular formula is C27H37N4O5P. The van der Waals surface area contributed by atoms with Crippen LogP contribution in [0.15, 0.2) is 36.4 Å². The number of hydrogen-bond acceptors (Lipinski definition) is 8. The van der Waals surface area contributed by atoms with Crippen LogP contribution in [0.25, 0.3) is 0 Å². The van der Waals surface area contributed by atoms with Gasteiger partial charge in [-0.05, 0) is 41.9 Å². The van der Waals surface area contributed by atoms with E-state index in [0.29, 0.717) is 17.7 Å². The Hall–Kier alpha value is -2.39. The van der Waals surface area contributed by atoms with Crippen molar-refractivity contribution >= 4 is 32.4 Å². The van der Waals surface area contributed by atoms with Gasteiger partial charge in [0.05, 0.1) is 12.2 Å². The highest BCUT2D eigenvalue weighted by atomic mass is 31.0. The van der Waals surface area contributed by atoms with Gasteiger partial charge < -0.3 is 25.6 Å². The summed E-state index contributed by atoms with van der Waals surface area (Å²) in [5.74, 6) is -0.317. The largest absolute Gasteiger partial charge is 0.381 e. The Labute approximate surface area is 220 Å². The molecule has 0 spiro atoms. The number of anilines is 1. The number of hydrogen-bond donors (Lipinski definition) is 5. The van der Waals surface area contributed by atoms with Crippen molar-refractivity contribution in [3.8, 4) is 0 Å². The lowest BCUT2D eigenvalue weighted by atomic mass is 9.99. The van der Waals surface area contributed by atoms with E-state index in [4.69, 9.17) is 4.74 Å². The zero-order chi connectivity index (χ0) is 26.6. The Balaban J connectivity index is 1.46. The third-order valence-electron chi connectivity index (χ3n) is 7.04. The van der Waals surface area contributed by atoms with Crippen LogP contribution in [0, 0.1) is 0 Å². The Morgan fingerprint density at radius 1 is 1.16 bits per heavy atom. The van der Waals surface area contributed by atoms with E-state index in [2.05, 4.69) is 62.1 Å². The smallest absolute Gasteiger partial charge is 0.222 e. The minimum Gasteiger partial charge on any atom is -0.381 e. The van der Waals surface area contributed by atoms with Gasteiger partial charge in [-0.15, -0.1) is 9.24 Å². The summed E-state index contributed by atoms with van der Waals surface area (Å²) in [4.78, 5) is 25.7. The van der Waals surface area contributed by atoms with E-state index in [1.165, 1.54) is 5.56 Å². The zero-order valence-electron chi connectivity index (χ0n) is 21.4. The second-order valence-electron chi connectivity index (χ2n) is 10.0. The topological polar surface area (TPSA) is 123 Å². The van der Waals surface area contributed by atoms with E-state index < -0.39 is 12.0 Å². The van der Waals surface area contributed by atoms with E-state index in [-0.39, 0.29) is 37.5 Å². The molecule has 0 radical (unpaired) electrons. The Morgan fingerprint density at radius 2 is 1.86 bits per heavy atom. The Kier molecular flexibility index (Phi) is 8.95. The van der Waals surface area contributed by atoms with Gasteiger partial charge >= 0.3 is 0 Å². The van der Waals surface area contributed by atoms with Crippen molar-refractivity contribution in [1.82, 2.24) is 15.5 Å². The van der Waals surface area contributed by atoms with Crippen LogP contribution in [0.3, 0.4) is 0 Å². The molecule has 5 N–H and O–H groups in total. The monoisotopic (exact) mass is 528 g/mol. The highest BCUT2D eigenvalue weighted by Crippen LogP contribution is 2.24. The lowest BCUT2D eigenvalue weighted by Gasteiger charge is -2.37. The molecule has 1 amide bonds. The van der Waals surface area contributed by atoms with Gasteiger partial charge in [0.15, 0.2) is 12.0 Å². The predicted molar refractivity (Wildman–Crippen MR) is 145 cm³/mol. The maximum Gasteiger partial charge on any atom is 0.222 e. The minimum absolute atomic E-state index is 0.0654. The molecule has 0 aromatic heterocycles. The van der Waals surface area contributed by atoms with Gasteiger partial charge in [0.2, 0.25) is 5.91 Å². The molecule has 2 aromatic rings. The van der Waals surface area contributed by atoms with Crippen molar-refractivity contribution in [2.45, 2.75) is 70.5 Å². The van der Waals surface area contributed by atoms with Gasteiger partial charge in [-0.1, -0.05) is 30.3 Å². The lowest BCUT2D eigenvalue weighted by Crippen LogP contribution is -2.64. The number of ether oxygens (including phenoxy) is 1. The van der Waals surface area contributed by atoms with Crippen LogP contribution in [0.5, 0.6) is 0 Å². The number of nitrogens with one attached hydrogen (secondary N) is 3. The summed E-state index contributed by atoms with van der Waals surface area (Å²) in [6, 6.07) is 11.7. The number of morpholine rings is 1. The molecule has 2 fully saturated rings. The van der Waals surface area contributed by atoms with Crippen molar-refractivity contribution in [1.29, 1.82) is 0 Å². The summed E-state index contributed by atoms with van der Waals surface area (Å²) in [7, 11) is 2.88. The first-order valence-corrected chi connectivity index (χ1v) is 13.3. The van der Waals surface area contributed by atoms with Crippen LogP contribution in [0.2, 0.25) is 0 Å². The third-order valence-corrected chi connectivity index (χ3v) is 7.78. The molecule has 2 heterocycles. The minimum atomic E-state index is -1.68. The third kappa shape index (κ3) is 6.74. The van der Waals surface area contributed by atoms with Crippen molar-refractivity contribution in [3.63, 3.8) is 0 Å². The lowest BCUT2D eigenvalue weighted by molar-refractivity contribution is -0.157. The first kappa shape index (κ1) is 27.6. The van der Waals surface area contributed by atoms with Crippen molar-refractivity contribution in [2.24, 2.45) is 0 Å². The summed E-state index contributed by atoms with van der Waals surface area (Å²) in [5, 5.41) is 30.9. The Morgan fingerprint density at radius 3 is 2.57 bits per heavy atom. The van der Waals surface area contributed by atoms with Gasteiger partial charge in [0.1, 0.15) is 6.29 Å². The molecular weight excluding hydrogens is 491 g/mol. The van der Waals surface area contributed by atoms with Crippen LogP contribution in [-0.4, -0.2) is 64.6 Å². The fraction of sp³-hybridized carbons (Fsp3) is 0.481. The molecule has 5 unspecified atom stereocenters. The average molecular weight is 529 g/mol. The van der Waals surface area contributed by atoms with Crippen LogP contribution in [0.1, 0.15) is 53.7 Å². The van der Waals surface area contributed by atoms with Crippen LogP contribution in [0.4, 0.5) is 5.69 Å². The quantitative estimate of drug-likeness (QED) is 0.187. The van der Waals surface area contributed by atoms with Gasteiger partial charge in [0, 0.05) is 56.8 Å². The molecule has 9 nitrogen and oxygen atoms in total. The number of carbonyl (C=O) groups is 2. The molecule has 0 saturated carbocycles. The van der Waals surface area contributed by atoms with Crippen LogP contribution >= 0.6 is 9.24 Å². The molecule has 2 aliphatic rings. The summed E-state index contributed by atoms with van der Waals surface area (Å²) in [6.07, 6.45) is -0.0806. The number of aliphatic hydroxyl groups is 2. The molecule has 4 rings (SSSR count). The zero-order valence-corrected chi connectivity index (χ0v) is 22.5. The molecule has 0 aliphatic carbocycles. The molecule has 5 atom stereocenters. The number of aliphatic hydroxyl groups excluding tert-OH is 1. The van der Waals surface area contributed by atoms with Crippen molar-refractivity contribution in [3.05, 3.63) is 58.7 Å². The molecule has 200 valence electrons. The second kappa shape index (κ2) is 12.0. The number of nitrogens with zero attached hydrogens (tertiary/aromatic N) is 1. The molecule has 2 saturated heterocycles. The second-order valence-corrected chi connectivity index (χ2v) is 10.6. The molecule has 10 heteroatoms. The molecule has 2 aliphatic heterocycles. The molecule has 37 heavy (non-hydrogen) atoms. The van der Waals surface area contributed by atoms with E-state index in [1.807, 2.05) is 6.07 Å². The Bertz CT molecular complexity index is 1120. The van der Waals surface area contributed by atoms with Crippen molar-refractivity contribution in [2.75, 3.05) is 18.4 Å². The highest BCUT2D eigenvalue weighted by Gasteiger charge is 2.40. The first-order chi connectivity index (χ1) is 17.7. The van der Waals surface area contributed by atoms with E-state index in [9.17, 15) is 19.8 Å². The van der Waals surface area contributed by atoms with E-state index in [0.717, 1.165) is 42.5 Å². The molecule has 0 bridgehead atoms. The SMILES string of the molecule is CC1CN(Cc2cccc(CNc3cccc(C=O)c3CNC3(O)CCC(=O)NC3O)c2P)CC(C)O1. The average Bonchev–Trinajstić information content (AvgIpc) is 2.85. The van der Waals surface area contributed by atoms with Gasteiger partial charge in [-0.3, -0.25) is 19.8 Å². The van der Waals surface area contributed by atoms with Gasteiger partial charge in [0.25, 0.3) is 0 Å². The molecule has 2 aromatic carbocycles. The summed E-state index contributed by atoms with van der Waals surface area (Å²) in [5.41, 5.74) is 2.58. The van der Waals surface area contributed by atoms with Crippen molar-refractivity contribution < 1.29 is 24.5 Å². The number of carbonyl (C=O) groups excluding carboxylic acids is 2. The number of benzene rings is 2. The summed E-state index contributed by atoms with van der Waals surface area (Å²) >= 11 is 0. The van der Waals surface area contributed by atoms with Crippen LogP contribution in [-0.2, 0) is 29.2 Å². The summed E-state index contributed by atoms with van der Waals surface area (Å²) < 4.78 is 5.87. The maximum absolute atomic E-state index is 11.8. The van der Waals surface area contributed by atoms with Crippen LogP contribution < -0.4 is 21.3 Å². The fourth-order valence-electron chi connectivity index (χ4n) is 5.09. The highest BCUT2D eigenvalue weighted by molar-refractivity contribution is 7.27. The normalized spacial score (nSPS) is 26.5. The van der Waals surface area contributed by atoms with Gasteiger partial charge in [-0.2, -0.15) is 0 Å². The van der Waals surface area contributed by atoms with Gasteiger partial charge in [-0.25, -0.2) is 0 Å². The predicted octanol–water partition coefficient (Wildman–Crippen LogP) is 1.23. The van der Waals surface area contributed by atoms with E-state index in [1.54, 1.807) is 12.1 Å². The maximum atomic E-state index is 11.8. The number of piperidine rings is 1. The number of amides is 1. The number of aldehydes is 1. The van der Waals surface area contributed by atoms with E-state index >= 15 is 0 Å². The first-order valence-electron chi connectivity index (χ1n) is 12.7. The standard InChI is InChI=1S/C27H37N4O5P/c1-17-13-31(14-18(2)36-17)15-20-6-3-5-19(25(20)37)11-28-23-8-4-7-21(16-32)22(23)12-29-27(35)10-9-24(33)30-26(27)34/h3-8,16-18,26,28-29,34-35H,9-15,37H2,1-2H3,(H,30,33).